The molecule has 13 nitrogen and oxygen atoms in total. The maximum absolute atomic E-state index is 5.56. The quantitative estimate of drug-likeness (QED) is 0.0390. The third-order valence-electron chi connectivity index (χ3n) is 5.82. The van der Waals surface area contributed by atoms with Crippen LogP contribution in [0.5, 0.6) is 0 Å². The van der Waals surface area contributed by atoms with E-state index in [2.05, 4.69) is 28.5 Å². The van der Waals surface area contributed by atoms with Crippen molar-refractivity contribution >= 4 is 22.6 Å². The minimum absolute atomic E-state index is 0.308. The molecule has 0 saturated heterocycles. The van der Waals surface area contributed by atoms with Crippen LogP contribution in [0.3, 0.4) is 0 Å². The zero-order valence-electron chi connectivity index (χ0n) is 28.7. The fourth-order valence-electron chi connectivity index (χ4n) is 3.42. The molecule has 0 saturated carbocycles. The number of hydrogen-bond acceptors (Lipinski definition) is 13. The summed E-state index contributed by atoms with van der Waals surface area (Å²) in [5, 5.41) is 0. The molecular formula is C33H63IO13. The van der Waals surface area contributed by atoms with E-state index < -0.39 is 0 Å². The second kappa shape index (κ2) is 45.8. The molecule has 0 aliphatic heterocycles. The lowest BCUT2D eigenvalue weighted by Crippen LogP contribution is -2.15. The Hall–Kier alpha value is -0.230. The molecule has 0 fully saturated rings. The molecule has 0 amide bonds. The van der Waals surface area contributed by atoms with E-state index in [0.29, 0.717) is 165 Å². The molecule has 0 aromatic rings. The number of ether oxygens (including phenoxy) is 13. The van der Waals surface area contributed by atoms with E-state index in [9.17, 15) is 0 Å². The van der Waals surface area contributed by atoms with Crippen molar-refractivity contribution in [1.29, 1.82) is 0 Å². The smallest absolute Gasteiger partial charge is 0.107 e. The molecule has 0 atom stereocenters. The Morgan fingerprint density at radius 2 is 0.489 bits per heavy atom. The van der Waals surface area contributed by atoms with Crippen molar-refractivity contribution in [3.05, 3.63) is 0 Å². The summed E-state index contributed by atoms with van der Waals surface area (Å²) < 4.78 is 72.0. The van der Waals surface area contributed by atoms with E-state index in [1.165, 1.54) is 23.7 Å². The topological polar surface area (TPSA) is 120 Å². The average Bonchev–Trinajstić information content (AvgIpc) is 3.08. The number of hydrogen-bond donors (Lipinski definition) is 0. The van der Waals surface area contributed by atoms with Gasteiger partial charge in [-0.1, -0.05) is 41.4 Å². The van der Waals surface area contributed by atoms with E-state index in [1.54, 1.807) is 0 Å². The van der Waals surface area contributed by atoms with E-state index in [4.69, 9.17) is 68.0 Å². The summed E-state index contributed by atoms with van der Waals surface area (Å²) in [6, 6.07) is 0. The molecule has 0 unspecified atom stereocenters. The molecule has 0 aliphatic carbocycles. The third kappa shape index (κ3) is 45.8. The number of unbranched alkanes of at least 4 members (excludes halogenated alkanes) is 3. The van der Waals surface area contributed by atoms with Crippen molar-refractivity contribution < 1.29 is 61.6 Å². The van der Waals surface area contributed by atoms with Crippen molar-refractivity contribution in [3.63, 3.8) is 0 Å². The second-order valence-electron chi connectivity index (χ2n) is 9.71. The predicted molar refractivity (Wildman–Crippen MR) is 187 cm³/mol. The van der Waals surface area contributed by atoms with Crippen LogP contribution in [-0.2, 0) is 61.6 Å². The largest absolute Gasteiger partial charge is 0.379 e. The van der Waals surface area contributed by atoms with Crippen LogP contribution in [0.4, 0.5) is 0 Å². The minimum atomic E-state index is 0.308. The lowest BCUT2D eigenvalue weighted by atomic mass is 10.2. The summed E-state index contributed by atoms with van der Waals surface area (Å²) >= 11 is 2.42. The zero-order valence-corrected chi connectivity index (χ0v) is 30.8. The first kappa shape index (κ1) is 46.8. The van der Waals surface area contributed by atoms with Crippen LogP contribution in [0.25, 0.3) is 0 Å². The molecule has 280 valence electrons. The summed E-state index contributed by atoms with van der Waals surface area (Å²) in [5.74, 6) is 2.40. The van der Waals surface area contributed by atoms with Gasteiger partial charge in [0.25, 0.3) is 0 Å². The Balaban J connectivity index is 3.04. The summed E-state index contributed by atoms with van der Waals surface area (Å²) in [7, 11) is 0. The zero-order chi connectivity index (χ0) is 33.8. The number of rotatable bonds is 43. The lowest BCUT2D eigenvalue weighted by molar-refractivity contribution is -0.0289. The van der Waals surface area contributed by atoms with Gasteiger partial charge in [0.05, 0.1) is 159 Å². The highest BCUT2D eigenvalue weighted by atomic mass is 127. The fourth-order valence-corrected chi connectivity index (χ4v) is 3.96. The molecule has 0 aromatic carbocycles. The van der Waals surface area contributed by atoms with Gasteiger partial charge in [0, 0.05) is 6.61 Å². The van der Waals surface area contributed by atoms with E-state index in [0.717, 1.165) is 13.0 Å². The van der Waals surface area contributed by atoms with Crippen molar-refractivity contribution in [1.82, 2.24) is 0 Å². The van der Waals surface area contributed by atoms with Gasteiger partial charge in [0.2, 0.25) is 0 Å². The van der Waals surface area contributed by atoms with Gasteiger partial charge in [-0.25, -0.2) is 0 Å². The highest BCUT2D eigenvalue weighted by molar-refractivity contribution is 14.1. The number of halogens is 1. The minimum Gasteiger partial charge on any atom is -0.379 e. The molecule has 0 rings (SSSR count). The van der Waals surface area contributed by atoms with Crippen molar-refractivity contribution in [2.24, 2.45) is 0 Å². The van der Waals surface area contributed by atoms with Gasteiger partial charge >= 0.3 is 0 Å². The van der Waals surface area contributed by atoms with Gasteiger partial charge in [-0.05, 0) is 17.3 Å². The van der Waals surface area contributed by atoms with Gasteiger partial charge < -0.3 is 61.6 Å². The average molecular weight is 795 g/mol. The van der Waals surface area contributed by atoms with Crippen molar-refractivity contribution in [2.45, 2.75) is 25.7 Å². The Morgan fingerprint density at radius 3 is 0.723 bits per heavy atom. The van der Waals surface area contributed by atoms with Crippen molar-refractivity contribution in [3.8, 4) is 12.3 Å². The second-order valence-corrected chi connectivity index (χ2v) is 10.8. The highest BCUT2D eigenvalue weighted by Crippen LogP contribution is 2.02. The first-order chi connectivity index (χ1) is 23.4. The SMILES string of the molecule is C#CCOCCOCCOCCOCCOCCOCCOCCOCCOCCOCCOCCOCCOCCCCCCI. The molecule has 47 heavy (non-hydrogen) atoms. The van der Waals surface area contributed by atoms with E-state index >= 15 is 0 Å². The van der Waals surface area contributed by atoms with Crippen LogP contribution < -0.4 is 0 Å². The molecular weight excluding hydrogens is 731 g/mol. The summed E-state index contributed by atoms with van der Waals surface area (Å²) in [6.45, 7) is 13.8. The first-order valence-electron chi connectivity index (χ1n) is 16.9. The Kier molecular flexibility index (Phi) is 45.5. The summed E-state index contributed by atoms with van der Waals surface area (Å²) in [5.41, 5.74) is 0. The van der Waals surface area contributed by atoms with Gasteiger partial charge in [0.1, 0.15) is 6.61 Å². The standard InChI is InChI=1S/C33H63IO13/c1-2-8-35-10-12-37-14-16-39-18-20-41-22-24-43-26-28-45-30-32-47-33-31-46-29-27-44-25-23-42-21-19-40-17-15-38-13-11-36-9-6-4-3-5-7-34/h1H,3-33H2. The molecule has 0 spiro atoms. The monoisotopic (exact) mass is 794 g/mol. The van der Waals surface area contributed by atoms with Gasteiger partial charge in [0.15, 0.2) is 0 Å². The number of alkyl halides is 1. The third-order valence-corrected chi connectivity index (χ3v) is 6.58. The Morgan fingerprint density at radius 1 is 0.277 bits per heavy atom. The Bertz CT molecular complexity index is 601. The molecule has 0 aromatic heterocycles. The maximum Gasteiger partial charge on any atom is 0.107 e. The van der Waals surface area contributed by atoms with Crippen LogP contribution in [-0.4, -0.2) is 176 Å². The van der Waals surface area contributed by atoms with Gasteiger partial charge in [-0.3, -0.25) is 0 Å². The van der Waals surface area contributed by atoms with Crippen LogP contribution in [0.1, 0.15) is 25.7 Å². The van der Waals surface area contributed by atoms with Crippen LogP contribution >= 0.6 is 22.6 Å². The van der Waals surface area contributed by atoms with Crippen LogP contribution in [0, 0.1) is 12.3 Å². The van der Waals surface area contributed by atoms with Crippen LogP contribution in [0.2, 0.25) is 0 Å². The normalized spacial score (nSPS) is 11.4. The van der Waals surface area contributed by atoms with E-state index in [1.807, 2.05) is 0 Å². The maximum atomic E-state index is 5.56. The lowest BCUT2D eigenvalue weighted by Gasteiger charge is -2.09. The van der Waals surface area contributed by atoms with Gasteiger partial charge in [-0.15, -0.1) is 6.42 Å². The summed E-state index contributed by atoms with van der Waals surface area (Å²) in [4.78, 5) is 0. The highest BCUT2D eigenvalue weighted by Gasteiger charge is 1.97. The molecule has 0 aliphatic rings. The molecule has 0 N–H and O–H groups in total. The number of terminal acetylenes is 1. The predicted octanol–water partition coefficient (Wildman–Crippen LogP) is 2.83. The Labute approximate surface area is 297 Å². The molecule has 0 radical (unpaired) electrons. The van der Waals surface area contributed by atoms with Gasteiger partial charge in [-0.2, -0.15) is 0 Å². The first-order valence-corrected chi connectivity index (χ1v) is 18.4. The fraction of sp³-hybridized carbons (Fsp3) is 0.939. The molecule has 14 heteroatoms. The van der Waals surface area contributed by atoms with Crippen molar-refractivity contribution in [2.75, 3.05) is 176 Å². The summed E-state index contributed by atoms with van der Waals surface area (Å²) in [6.07, 6.45) is 10.1. The molecule has 0 heterocycles. The molecule has 0 bridgehead atoms. The van der Waals surface area contributed by atoms with E-state index in [-0.39, 0.29) is 0 Å². The van der Waals surface area contributed by atoms with Crippen LogP contribution in [0.15, 0.2) is 0 Å².